The van der Waals surface area contributed by atoms with E-state index in [2.05, 4.69) is 27.2 Å². The van der Waals surface area contributed by atoms with Crippen LogP contribution in [0.25, 0.3) is 0 Å². The van der Waals surface area contributed by atoms with Gasteiger partial charge < -0.3 is 9.88 Å². The molecule has 0 bridgehead atoms. The molecule has 0 saturated heterocycles. The zero-order valence-electron chi connectivity index (χ0n) is 13.7. The quantitative estimate of drug-likeness (QED) is 0.847. The molecule has 0 spiro atoms. The summed E-state index contributed by atoms with van der Waals surface area (Å²) < 4.78 is 0. The number of rotatable bonds is 3. The fourth-order valence-corrected chi connectivity index (χ4v) is 4.12. The molecule has 6 nitrogen and oxygen atoms in total. The van der Waals surface area contributed by atoms with E-state index in [0.29, 0.717) is 22.0 Å². The first kappa shape index (κ1) is 15.9. The normalized spacial score (nSPS) is 14.6. The molecule has 2 N–H and O–H groups in total. The molecule has 3 heterocycles. The van der Waals surface area contributed by atoms with Gasteiger partial charge >= 0.3 is 0 Å². The highest BCUT2D eigenvalue weighted by Gasteiger charge is 2.22. The summed E-state index contributed by atoms with van der Waals surface area (Å²) in [4.78, 5) is 35.2. The molecular weight excluding hydrogens is 312 g/mol. The number of aromatic nitrogens is 2. The Hall–Kier alpha value is -1.99. The molecule has 0 aliphatic carbocycles. The lowest BCUT2D eigenvalue weighted by Crippen LogP contribution is -2.25. The van der Waals surface area contributed by atoms with Crippen LogP contribution >= 0.6 is 11.3 Å². The number of anilines is 1. The van der Waals surface area contributed by atoms with Crippen molar-refractivity contribution >= 4 is 28.2 Å². The van der Waals surface area contributed by atoms with Crippen LogP contribution in [0.4, 0.5) is 5.13 Å². The van der Waals surface area contributed by atoms with Crippen molar-refractivity contribution in [1.29, 1.82) is 0 Å². The highest BCUT2D eigenvalue weighted by molar-refractivity contribution is 7.15. The van der Waals surface area contributed by atoms with Gasteiger partial charge in [-0.2, -0.15) is 0 Å². The van der Waals surface area contributed by atoms with Gasteiger partial charge in [-0.15, -0.1) is 11.3 Å². The Labute approximate surface area is 138 Å². The van der Waals surface area contributed by atoms with Crippen LogP contribution in [0.3, 0.4) is 0 Å². The number of ketones is 1. The number of amides is 1. The van der Waals surface area contributed by atoms with E-state index in [1.807, 2.05) is 0 Å². The van der Waals surface area contributed by atoms with Crippen LogP contribution in [0.2, 0.25) is 0 Å². The molecule has 0 saturated carbocycles. The Bertz CT molecular complexity index is 790. The third-order valence-electron chi connectivity index (χ3n) is 4.16. The van der Waals surface area contributed by atoms with Gasteiger partial charge in [0, 0.05) is 35.6 Å². The second-order valence-corrected chi connectivity index (χ2v) is 7.10. The van der Waals surface area contributed by atoms with Gasteiger partial charge in [-0.1, -0.05) is 0 Å². The molecule has 7 heteroatoms. The van der Waals surface area contributed by atoms with Crippen molar-refractivity contribution in [2.24, 2.45) is 0 Å². The van der Waals surface area contributed by atoms with Gasteiger partial charge in [0.25, 0.3) is 5.91 Å². The van der Waals surface area contributed by atoms with Crippen molar-refractivity contribution in [3.05, 3.63) is 33.1 Å². The number of aryl methyl sites for hydroxylation is 1. The average molecular weight is 332 g/mol. The van der Waals surface area contributed by atoms with E-state index in [1.165, 1.54) is 23.1 Å². The van der Waals surface area contributed by atoms with E-state index in [-0.39, 0.29) is 11.7 Å². The lowest BCUT2D eigenvalue weighted by Gasteiger charge is -2.20. The number of aromatic amines is 1. The lowest BCUT2D eigenvalue weighted by molar-refractivity contribution is 0.101. The van der Waals surface area contributed by atoms with Gasteiger partial charge in [-0.3, -0.25) is 14.9 Å². The molecule has 1 amide bonds. The molecule has 23 heavy (non-hydrogen) atoms. The van der Waals surface area contributed by atoms with Crippen molar-refractivity contribution in [3.8, 4) is 0 Å². The first-order valence-corrected chi connectivity index (χ1v) is 8.37. The molecule has 122 valence electrons. The number of carbonyl (C=O) groups excluding carboxylic acids is 2. The van der Waals surface area contributed by atoms with Crippen LogP contribution in [-0.4, -0.2) is 40.2 Å². The third kappa shape index (κ3) is 2.94. The summed E-state index contributed by atoms with van der Waals surface area (Å²) in [7, 11) is 2.08. The summed E-state index contributed by atoms with van der Waals surface area (Å²) in [6.45, 7) is 6.96. The number of hydrogen-bond acceptors (Lipinski definition) is 5. The number of Topliss-reactive ketones (excluding diaryl/α,β-unsaturated/α-hetero) is 1. The molecule has 1 aliphatic heterocycles. The van der Waals surface area contributed by atoms with Crippen LogP contribution in [0, 0.1) is 13.8 Å². The largest absolute Gasteiger partial charge is 0.354 e. The smallest absolute Gasteiger partial charge is 0.274 e. The Balaban J connectivity index is 1.83. The summed E-state index contributed by atoms with van der Waals surface area (Å²) in [5.41, 5.74) is 3.51. The van der Waals surface area contributed by atoms with Crippen LogP contribution < -0.4 is 5.32 Å². The number of likely N-dealkylation sites (N-methyl/N-ethyl adjacent to an activating group) is 1. The number of H-pyrrole nitrogens is 1. The highest BCUT2D eigenvalue weighted by atomic mass is 32.1. The molecule has 0 fully saturated rings. The van der Waals surface area contributed by atoms with Crippen LogP contribution in [0.1, 0.15) is 49.6 Å². The molecule has 0 atom stereocenters. The summed E-state index contributed by atoms with van der Waals surface area (Å²) >= 11 is 1.52. The molecule has 1 aliphatic rings. The maximum atomic E-state index is 12.5. The van der Waals surface area contributed by atoms with Crippen LogP contribution in [0.15, 0.2) is 0 Å². The molecular formula is C16H20N4O2S. The fourth-order valence-electron chi connectivity index (χ4n) is 3.04. The number of fused-ring (bicyclic) bond motifs is 1. The van der Waals surface area contributed by atoms with Gasteiger partial charge in [-0.05, 0) is 33.4 Å². The van der Waals surface area contributed by atoms with Gasteiger partial charge in [0.2, 0.25) is 0 Å². The molecule has 0 unspecified atom stereocenters. The van der Waals surface area contributed by atoms with E-state index in [9.17, 15) is 9.59 Å². The first-order chi connectivity index (χ1) is 10.9. The lowest BCUT2D eigenvalue weighted by atomic mass is 10.1. The summed E-state index contributed by atoms with van der Waals surface area (Å²) in [6.07, 6.45) is 0.910. The monoisotopic (exact) mass is 332 g/mol. The van der Waals surface area contributed by atoms with Crippen molar-refractivity contribution in [1.82, 2.24) is 14.9 Å². The summed E-state index contributed by atoms with van der Waals surface area (Å²) in [6, 6.07) is 0. The number of nitrogens with zero attached hydrogens (tertiary/aromatic N) is 2. The number of nitrogens with one attached hydrogen (secondary N) is 2. The minimum absolute atomic E-state index is 0.0388. The Morgan fingerprint density at radius 1 is 1.35 bits per heavy atom. The van der Waals surface area contributed by atoms with Gasteiger partial charge in [0.05, 0.1) is 5.69 Å². The Kier molecular flexibility index (Phi) is 4.08. The van der Waals surface area contributed by atoms with Crippen molar-refractivity contribution in [2.75, 3.05) is 18.9 Å². The van der Waals surface area contributed by atoms with Crippen LogP contribution in [0.5, 0.6) is 0 Å². The van der Waals surface area contributed by atoms with E-state index >= 15 is 0 Å². The van der Waals surface area contributed by atoms with Gasteiger partial charge in [0.1, 0.15) is 5.69 Å². The number of carbonyl (C=O) groups is 2. The van der Waals surface area contributed by atoms with Gasteiger partial charge in [-0.25, -0.2) is 4.98 Å². The first-order valence-electron chi connectivity index (χ1n) is 7.55. The molecule has 0 aromatic carbocycles. The van der Waals surface area contributed by atoms with E-state index in [0.717, 1.165) is 30.9 Å². The molecule has 3 rings (SSSR count). The average Bonchev–Trinajstić information content (AvgIpc) is 2.98. The topological polar surface area (TPSA) is 78.1 Å². The second kappa shape index (κ2) is 5.90. The number of thiazole rings is 1. The maximum Gasteiger partial charge on any atom is 0.274 e. The van der Waals surface area contributed by atoms with E-state index in [1.54, 1.807) is 13.8 Å². The SMILES string of the molecule is CC(=O)c1c(C)[nH]c(C(=O)Nc2nc3c(s2)CN(C)CC3)c1C. The van der Waals surface area contributed by atoms with Crippen LogP contribution in [-0.2, 0) is 13.0 Å². The predicted molar refractivity (Wildman–Crippen MR) is 90.4 cm³/mol. The molecule has 0 radical (unpaired) electrons. The minimum Gasteiger partial charge on any atom is -0.354 e. The van der Waals surface area contributed by atoms with E-state index < -0.39 is 0 Å². The van der Waals surface area contributed by atoms with E-state index in [4.69, 9.17) is 0 Å². The third-order valence-corrected chi connectivity index (χ3v) is 5.16. The second-order valence-electron chi connectivity index (χ2n) is 6.01. The number of hydrogen-bond donors (Lipinski definition) is 2. The summed E-state index contributed by atoms with van der Waals surface area (Å²) in [5.74, 6) is -0.291. The fraction of sp³-hybridized carbons (Fsp3) is 0.438. The molecule has 2 aromatic heterocycles. The van der Waals surface area contributed by atoms with Gasteiger partial charge in [0.15, 0.2) is 10.9 Å². The standard InChI is InChI=1S/C16H20N4O2S/c1-8-13(10(3)21)9(2)17-14(8)15(22)19-16-18-11-5-6-20(4)7-12(11)23-16/h17H,5-7H2,1-4H3,(H,18,19,22). The summed E-state index contributed by atoms with van der Waals surface area (Å²) in [5, 5.41) is 3.47. The van der Waals surface area contributed by atoms with Crippen molar-refractivity contribution < 1.29 is 9.59 Å². The Morgan fingerprint density at radius 3 is 2.74 bits per heavy atom. The van der Waals surface area contributed by atoms with Crippen molar-refractivity contribution in [2.45, 2.75) is 33.7 Å². The zero-order chi connectivity index (χ0) is 16.7. The maximum absolute atomic E-state index is 12.5. The van der Waals surface area contributed by atoms with Crippen molar-refractivity contribution in [3.63, 3.8) is 0 Å². The Morgan fingerprint density at radius 2 is 2.09 bits per heavy atom. The predicted octanol–water partition coefficient (Wildman–Crippen LogP) is 2.53. The zero-order valence-corrected chi connectivity index (χ0v) is 14.6. The highest BCUT2D eigenvalue weighted by Crippen LogP contribution is 2.28. The minimum atomic E-state index is -0.252. The molecule has 2 aromatic rings.